The Kier molecular flexibility index (Phi) is 13.6. The number of hydrogen-bond acceptors (Lipinski definition) is 6. The molecule has 0 amide bonds. The van der Waals surface area contributed by atoms with E-state index in [0.717, 1.165) is 0 Å². The van der Waals surface area contributed by atoms with E-state index in [1.807, 2.05) is 0 Å². The lowest BCUT2D eigenvalue weighted by atomic mass is 9.84. The van der Waals surface area contributed by atoms with Gasteiger partial charge in [0, 0.05) is 1.43 Å². The molecule has 0 radical (unpaired) electrons. The van der Waals surface area contributed by atoms with Crippen LogP contribution in [-0.4, -0.2) is 70.8 Å². The van der Waals surface area contributed by atoms with Gasteiger partial charge in [-0.3, -0.25) is 0 Å². The molecule has 0 bridgehead atoms. The zero-order valence-electron chi connectivity index (χ0n) is 20.2. The molecule has 0 fully saturated rings. The lowest BCUT2D eigenvalue weighted by Crippen LogP contribution is -2.63. The minimum absolute atomic E-state index is 0. The van der Waals surface area contributed by atoms with Crippen LogP contribution in [0.2, 0.25) is 0 Å². The summed E-state index contributed by atoms with van der Waals surface area (Å²) in [6, 6.07) is 0. The topological polar surface area (TPSA) is 102 Å². The normalized spacial score (nSPS) is 16.9. The SMILES string of the molecule is C=COC(=O)C(N)(CC(F)(F)F)C(O)C(O)CCCCCCCCCOC(F)(F)C(F)(F)C(F)(F)C(F)(F)F.[HH]. The Balaban J connectivity index is 0. The van der Waals surface area contributed by atoms with Crippen molar-refractivity contribution in [3.63, 3.8) is 0 Å². The van der Waals surface area contributed by atoms with Gasteiger partial charge in [-0.25, -0.2) is 4.79 Å². The molecule has 39 heavy (non-hydrogen) atoms. The summed E-state index contributed by atoms with van der Waals surface area (Å²) in [6.07, 6.45) is -22.9. The molecular formula is C21H31F12NO5. The summed E-state index contributed by atoms with van der Waals surface area (Å²) in [5.41, 5.74) is 2.40. The van der Waals surface area contributed by atoms with Crippen LogP contribution in [-0.2, 0) is 14.3 Å². The van der Waals surface area contributed by atoms with Gasteiger partial charge in [-0.2, -0.15) is 52.7 Å². The van der Waals surface area contributed by atoms with E-state index < -0.39 is 67.1 Å². The molecule has 0 spiro atoms. The van der Waals surface area contributed by atoms with Gasteiger partial charge in [0.25, 0.3) is 0 Å². The second-order valence-electron chi connectivity index (χ2n) is 8.69. The number of aliphatic hydroxyl groups is 2. The third-order valence-electron chi connectivity index (χ3n) is 5.50. The van der Waals surface area contributed by atoms with Crippen LogP contribution in [0, 0.1) is 0 Å². The number of ether oxygens (including phenoxy) is 2. The highest BCUT2D eigenvalue weighted by Crippen LogP contribution is 2.53. The number of carbonyl (C=O) groups excluding carboxylic acids is 1. The van der Waals surface area contributed by atoms with Gasteiger partial charge >= 0.3 is 36.3 Å². The van der Waals surface area contributed by atoms with Crippen molar-refractivity contribution in [1.29, 1.82) is 0 Å². The first-order valence-electron chi connectivity index (χ1n) is 11.4. The Morgan fingerprint density at radius 2 is 1.28 bits per heavy atom. The number of hydrogen-bond donors (Lipinski definition) is 3. The van der Waals surface area contributed by atoms with Crippen LogP contribution in [0.4, 0.5) is 52.7 Å². The highest BCUT2D eigenvalue weighted by molar-refractivity contribution is 5.82. The van der Waals surface area contributed by atoms with Crippen LogP contribution < -0.4 is 5.73 Å². The average Bonchev–Trinajstić information content (AvgIpc) is 2.77. The standard InChI is InChI=1S/C21H29F12NO5.H2/c1-2-38-15(37)16(34,12-17(22,23)24)14(36)13(35)10-8-6-4-3-5-7-9-11-39-21(32,33)19(27,28)18(25,26)20(29,30)31;/h2,13-14,35-36H,1,3-12,34H2;1H. The number of esters is 1. The van der Waals surface area contributed by atoms with Crippen LogP contribution in [0.15, 0.2) is 12.8 Å². The molecule has 0 rings (SSSR count). The Bertz CT molecular complexity index is 782. The van der Waals surface area contributed by atoms with Crippen LogP contribution in [0.25, 0.3) is 0 Å². The van der Waals surface area contributed by atoms with E-state index in [1.54, 1.807) is 0 Å². The zero-order chi connectivity index (χ0) is 30.9. The van der Waals surface area contributed by atoms with Gasteiger partial charge in [-0.05, 0) is 12.8 Å². The van der Waals surface area contributed by atoms with E-state index >= 15 is 0 Å². The van der Waals surface area contributed by atoms with E-state index in [9.17, 15) is 67.7 Å². The molecule has 0 aliphatic carbocycles. The molecule has 0 heterocycles. The van der Waals surface area contributed by atoms with Gasteiger partial charge in [0.2, 0.25) is 0 Å². The molecular weight excluding hydrogens is 574 g/mol. The Labute approximate surface area is 216 Å². The van der Waals surface area contributed by atoms with Crippen molar-refractivity contribution in [2.75, 3.05) is 6.61 Å². The van der Waals surface area contributed by atoms with Crippen molar-refractivity contribution in [2.45, 2.75) is 106 Å². The number of alkyl halides is 12. The van der Waals surface area contributed by atoms with E-state index in [0.29, 0.717) is 25.5 Å². The maximum absolute atomic E-state index is 13.2. The largest absolute Gasteiger partial charge is 0.460 e. The van der Waals surface area contributed by atoms with E-state index in [1.165, 1.54) is 0 Å². The molecule has 3 unspecified atom stereocenters. The molecule has 0 aromatic heterocycles. The summed E-state index contributed by atoms with van der Waals surface area (Å²) in [7, 11) is 0. The molecule has 0 aliphatic heterocycles. The summed E-state index contributed by atoms with van der Waals surface area (Å²) in [5.74, 6) is -15.6. The quantitative estimate of drug-likeness (QED) is 0.0784. The zero-order valence-corrected chi connectivity index (χ0v) is 20.2. The van der Waals surface area contributed by atoms with E-state index in [2.05, 4.69) is 16.1 Å². The smallest absolute Gasteiger partial charge is 0.434 e. The molecule has 0 aliphatic rings. The maximum Gasteiger partial charge on any atom is 0.460 e. The van der Waals surface area contributed by atoms with E-state index in [-0.39, 0.29) is 33.5 Å². The maximum atomic E-state index is 13.2. The first kappa shape index (κ1) is 37.2. The van der Waals surface area contributed by atoms with Crippen LogP contribution in [0.1, 0.15) is 59.2 Å². The summed E-state index contributed by atoms with van der Waals surface area (Å²) in [5, 5.41) is 20.1. The minimum Gasteiger partial charge on any atom is -0.434 e. The average molecular weight is 605 g/mol. The molecule has 0 aromatic carbocycles. The molecule has 0 saturated heterocycles. The van der Waals surface area contributed by atoms with Gasteiger partial charge in [0.15, 0.2) is 5.54 Å². The minimum atomic E-state index is -7.04. The summed E-state index contributed by atoms with van der Waals surface area (Å²) in [4.78, 5) is 11.8. The number of unbranched alkanes of at least 4 members (excludes halogenated alkanes) is 6. The van der Waals surface area contributed by atoms with Crippen LogP contribution in [0.5, 0.6) is 0 Å². The fourth-order valence-electron chi connectivity index (χ4n) is 3.31. The third kappa shape index (κ3) is 10.3. The highest BCUT2D eigenvalue weighted by Gasteiger charge is 2.82. The molecule has 4 N–H and O–H groups in total. The summed E-state index contributed by atoms with van der Waals surface area (Å²) < 4.78 is 160. The molecule has 234 valence electrons. The molecule has 0 aromatic rings. The third-order valence-corrected chi connectivity index (χ3v) is 5.50. The van der Waals surface area contributed by atoms with Gasteiger partial charge in [0.05, 0.1) is 25.4 Å². The number of nitrogens with two attached hydrogens (primary N) is 1. The second kappa shape index (κ2) is 14.2. The molecule has 6 nitrogen and oxygen atoms in total. The fraction of sp³-hybridized carbons (Fsp3) is 0.857. The molecule has 18 heteroatoms. The highest BCUT2D eigenvalue weighted by atomic mass is 19.4. The van der Waals surface area contributed by atoms with Gasteiger partial charge < -0.3 is 25.4 Å². The molecule has 0 saturated carbocycles. The van der Waals surface area contributed by atoms with Crippen molar-refractivity contribution in [1.82, 2.24) is 0 Å². The Hall–Kier alpha value is -1.79. The van der Waals surface area contributed by atoms with Crippen molar-refractivity contribution in [3.05, 3.63) is 12.8 Å². The number of rotatable bonds is 18. The predicted molar refractivity (Wildman–Crippen MR) is 112 cm³/mol. The van der Waals surface area contributed by atoms with Crippen molar-refractivity contribution in [2.24, 2.45) is 5.73 Å². The monoisotopic (exact) mass is 605 g/mol. The first-order chi connectivity index (χ1) is 17.5. The number of carbonyl (C=O) groups is 1. The summed E-state index contributed by atoms with van der Waals surface area (Å²) >= 11 is 0. The van der Waals surface area contributed by atoms with Crippen molar-refractivity contribution >= 4 is 5.97 Å². The predicted octanol–water partition coefficient (Wildman–Crippen LogP) is 5.85. The van der Waals surface area contributed by atoms with Gasteiger partial charge in [-0.1, -0.05) is 45.1 Å². The van der Waals surface area contributed by atoms with Crippen molar-refractivity contribution in [3.8, 4) is 0 Å². The van der Waals surface area contributed by atoms with Gasteiger partial charge in [-0.15, -0.1) is 0 Å². The Morgan fingerprint density at radius 3 is 1.72 bits per heavy atom. The summed E-state index contributed by atoms with van der Waals surface area (Å²) in [6.45, 7) is 1.75. The number of aliphatic hydroxyl groups excluding tert-OH is 2. The lowest BCUT2D eigenvalue weighted by Gasteiger charge is -2.34. The number of halogens is 12. The molecule has 3 atom stereocenters. The van der Waals surface area contributed by atoms with E-state index in [4.69, 9.17) is 5.73 Å². The van der Waals surface area contributed by atoms with Crippen LogP contribution >= 0.6 is 0 Å². The van der Waals surface area contributed by atoms with Crippen molar-refractivity contribution < 1.29 is 78.6 Å². The fourth-order valence-corrected chi connectivity index (χ4v) is 3.31. The lowest BCUT2D eigenvalue weighted by molar-refractivity contribution is -0.444. The Morgan fingerprint density at radius 1 is 0.821 bits per heavy atom. The second-order valence-corrected chi connectivity index (χ2v) is 8.69. The first-order valence-corrected chi connectivity index (χ1v) is 11.4. The van der Waals surface area contributed by atoms with Crippen LogP contribution in [0.3, 0.4) is 0 Å². The van der Waals surface area contributed by atoms with Gasteiger partial charge in [0.1, 0.15) is 6.10 Å².